The first-order valence-electron chi connectivity index (χ1n) is 23.5. The van der Waals surface area contributed by atoms with E-state index < -0.39 is 89.7 Å². The zero-order valence-corrected chi connectivity index (χ0v) is 40.1. The van der Waals surface area contributed by atoms with Crippen LogP contribution in [0.4, 0.5) is 68.3 Å². The molecule has 77 heavy (non-hydrogen) atoms. The molecule has 6 N–H and O–H groups in total. The highest BCUT2D eigenvalue weighted by Crippen LogP contribution is 2.48. The Bertz CT molecular complexity index is 3030. The van der Waals surface area contributed by atoms with Crippen LogP contribution in [0.2, 0.25) is 0 Å². The van der Waals surface area contributed by atoms with E-state index >= 15 is 0 Å². The minimum absolute atomic E-state index is 0. The summed E-state index contributed by atoms with van der Waals surface area (Å²) in [6.07, 6.45) is -6.58. The predicted octanol–water partition coefficient (Wildman–Crippen LogP) is 8.53. The summed E-state index contributed by atoms with van der Waals surface area (Å²) in [6, 6.07) is 16.2. The predicted molar refractivity (Wildman–Crippen MR) is 267 cm³/mol. The van der Waals surface area contributed by atoms with Gasteiger partial charge in [0.15, 0.2) is 0 Å². The Balaban J connectivity index is 0.000000205. The zero-order valence-electron chi connectivity index (χ0n) is 40.1. The molecule has 2 atom stereocenters. The highest BCUT2D eigenvalue weighted by Gasteiger charge is 2.60. The van der Waals surface area contributed by atoms with Crippen molar-refractivity contribution in [1.29, 1.82) is 0 Å². The Morgan fingerprint density at radius 1 is 0.623 bits per heavy atom. The van der Waals surface area contributed by atoms with Crippen molar-refractivity contribution < 1.29 is 79.3 Å². The lowest BCUT2D eigenvalue weighted by Crippen LogP contribution is -2.46. The van der Waals surface area contributed by atoms with Crippen LogP contribution >= 0.6 is 0 Å². The first kappa shape index (κ1) is 57.9. The maximum atomic E-state index is 13.4. The number of carbonyl (C=O) groups excluding carboxylic acids is 7. The number of benzene rings is 4. The number of hydrogen-bond acceptors (Lipinski definition) is 11. The number of alkyl halides is 6. The number of ether oxygens (including phenoxy) is 2. The Morgan fingerprint density at radius 2 is 1.10 bits per heavy atom. The van der Waals surface area contributed by atoms with Crippen LogP contribution in [0.15, 0.2) is 72.8 Å². The number of aryl methyl sites for hydroxylation is 4. The molecule has 10 rings (SSSR count). The van der Waals surface area contributed by atoms with Gasteiger partial charge in [-0.2, -0.15) is 26.3 Å². The van der Waals surface area contributed by atoms with E-state index in [1.165, 1.54) is 31.1 Å². The first-order valence-corrected chi connectivity index (χ1v) is 23.5. The molecule has 25 heteroatoms. The summed E-state index contributed by atoms with van der Waals surface area (Å²) >= 11 is 0. The van der Waals surface area contributed by atoms with Gasteiger partial charge in [0.1, 0.15) is 13.1 Å². The quantitative estimate of drug-likeness (QED) is 0.0995. The smallest absolute Gasteiger partial charge is 0.418 e. The summed E-state index contributed by atoms with van der Waals surface area (Å²) in [5.74, 6) is -3.33. The lowest BCUT2D eigenvalue weighted by atomic mass is 9.94. The van der Waals surface area contributed by atoms with Gasteiger partial charge in [0.2, 0.25) is 17.1 Å². The van der Waals surface area contributed by atoms with Crippen LogP contribution in [0, 0.1) is 0 Å². The van der Waals surface area contributed by atoms with E-state index in [9.17, 15) is 64.7 Å². The van der Waals surface area contributed by atoms with Crippen LogP contribution in [0.1, 0.15) is 85.0 Å². The van der Waals surface area contributed by atoms with E-state index in [2.05, 4.69) is 26.6 Å². The van der Waals surface area contributed by atoms with Crippen LogP contribution in [-0.4, -0.2) is 103 Å². The number of amides is 9. The molecule has 2 spiro atoms. The lowest BCUT2D eigenvalue weighted by Gasteiger charge is -2.31. The van der Waals surface area contributed by atoms with Gasteiger partial charge in [-0.15, -0.1) is 0 Å². The highest BCUT2D eigenvalue weighted by molar-refractivity contribution is 6.09. The van der Waals surface area contributed by atoms with Gasteiger partial charge in [-0.25, -0.2) is 29.0 Å². The summed E-state index contributed by atoms with van der Waals surface area (Å²) < 4.78 is 87.6. The van der Waals surface area contributed by atoms with Crippen molar-refractivity contribution in [2.45, 2.75) is 89.8 Å². The number of halogens is 6. The van der Waals surface area contributed by atoms with E-state index in [1.54, 1.807) is 42.5 Å². The molecule has 0 aromatic heterocycles. The molecule has 0 unspecified atom stereocenters. The van der Waals surface area contributed by atoms with E-state index in [0.29, 0.717) is 69.9 Å². The fourth-order valence-corrected chi connectivity index (χ4v) is 9.85. The molecule has 412 valence electrons. The minimum Gasteiger partial charge on any atom is -0.480 e. The van der Waals surface area contributed by atoms with E-state index in [1.807, 2.05) is 0 Å². The second-order valence-corrected chi connectivity index (χ2v) is 18.1. The Labute approximate surface area is 437 Å². The van der Waals surface area contributed by atoms with Crippen LogP contribution < -0.4 is 31.5 Å². The van der Waals surface area contributed by atoms with Crippen LogP contribution in [0.5, 0.6) is 0 Å². The average molecular weight is 1080 g/mol. The fraction of sp³-hybridized carbons (Fsp3) is 0.385. The average Bonchev–Trinajstić information content (AvgIpc) is 4.27. The van der Waals surface area contributed by atoms with Crippen molar-refractivity contribution in [2.75, 3.05) is 61.1 Å². The number of imide groups is 2. The number of aliphatic carboxylic acids is 1. The molecule has 4 aromatic rings. The maximum absolute atomic E-state index is 13.4. The second-order valence-electron chi connectivity index (χ2n) is 18.1. The fourth-order valence-electron chi connectivity index (χ4n) is 9.85. The largest absolute Gasteiger partial charge is 0.480 e. The molecule has 2 aliphatic carbocycles. The van der Waals surface area contributed by atoms with Gasteiger partial charge in [-0.1, -0.05) is 39.1 Å². The zero-order chi connectivity index (χ0) is 54.2. The van der Waals surface area contributed by atoms with E-state index in [4.69, 9.17) is 14.6 Å². The van der Waals surface area contributed by atoms with Crippen molar-refractivity contribution >= 4 is 70.7 Å². The van der Waals surface area contributed by atoms with Gasteiger partial charge in [0, 0.05) is 73.9 Å². The van der Waals surface area contributed by atoms with Gasteiger partial charge in [-0.3, -0.25) is 19.2 Å². The molecule has 0 radical (unpaired) electrons. The minimum atomic E-state index is -4.58. The SMILES string of the molecule is C.C.CNC(=O)Nc1ccc2c(c1)CC[C@@]21OC(=O)N(CC(=O)N2CCCc3ccc(C(F)(F)F)cc32)C1=O.CNC(=O)Nc1ccc2c(c1)CC[C@@]21OC(=O)N(CC(=O)O)C1=O.FC(F)(F)c1ccc2c(c1)NCCC2. The van der Waals surface area contributed by atoms with Gasteiger partial charge in [0.25, 0.3) is 11.8 Å². The summed E-state index contributed by atoms with van der Waals surface area (Å²) in [5, 5.41) is 21.9. The number of nitrogens with zero attached hydrogens (tertiary/aromatic N) is 3. The van der Waals surface area contributed by atoms with Gasteiger partial charge >= 0.3 is 42.6 Å². The lowest BCUT2D eigenvalue weighted by molar-refractivity contribution is -0.144. The number of fused-ring (bicyclic) bond motifs is 6. The molecule has 4 aliphatic heterocycles. The Kier molecular flexibility index (Phi) is 16.9. The van der Waals surface area contributed by atoms with Crippen molar-refractivity contribution in [3.63, 3.8) is 0 Å². The third-order valence-electron chi connectivity index (χ3n) is 13.5. The Morgan fingerprint density at radius 3 is 1.60 bits per heavy atom. The van der Waals surface area contributed by atoms with Gasteiger partial charge in [-0.05, 0) is 109 Å². The molecular formula is C52H56F6N8O11. The van der Waals surface area contributed by atoms with Crippen LogP contribution in [-0.2, 0) is 77.9 Å². The molecule has 6 aliphatic rings. The molecule has 2 saturated heterocycles. The summed E-state index contributed by atoms with van der Waals surface area (Å²) in [4.78, 5) is 100. The molecule has 0 bridgehead atoms. The number of urea groups is 2. The van der Waals surface area contributed by atoms with Crippen molar-refractivity contribution in [1.82, 2.24) is 20.4 Å². The highest BCUT2D eigenvalue weighted by atomic mass is 19.4. The molecule has 19 nitrogen and oxygen atoms in total. The topological polar surface area (TPSA) is 245 Å². The number of carbonyl (C=O) groups is 8. The molecular weight excluding hydrogens is 1030 g/mol. The number of anilines is 4. The normalized spacial score (nSPS) is 19.5. The first-order chi connectivity index (χ1) is 35.5. The van der Waals surface area contributed by atoms with E-state index in [-0.39, 0.29) is 46.0 Å². The standard InChI is InChI=1S/C25H23F3N4O5.C15H15N3O6.C10H10F3N.2CH4/c1-29-22(35)30-17-6-7-18-15(11-17)8-9-24(18)21(34)32(23(36)37-24)13-20(33)31-10-2-3-14-4-5-16(12-19(14)31)25(26,27)28;1-16-13(22)17-9-2-3-10-8(6-9)4-5-15(10)12(21)18(7-11(19)20)14(23)24-15;11-10(12,13)8-4-3-7-2-1-5-14-9(7)6-8;;/h4-7,11-12H,2-3,8-10,13H2,1H3,(H2,29,30,35);2-3,6H,4-5,7H2,1H3,(H,19,20)(H2,16,17,22);3-4,6,14H,1-2,5H2;2*1H4/t24-;15-;;;/m11.../s1. The number of hydrogen-bond donors (Lipinski definition) is 6. The summed E-state index contributed by atoms with van der Waals surface area (Å²) in [6.45, 7) is -0.459. The molecule has 0 saturated carbocycles. The Hall–Kier alpha value is -8.38. The van der Waals surface area contributed by atoms with Crippen molar-refractivity contribution in [3.05, 3.63) is 117 Å². The number of carboxylic acid groups (broad SMARTS) is 1. The number of rotatable bonds is 6. The molecule has 9 amide bonds. The molecule has 4 aromatic carbocycles. The van der Waals surface area contributed by atoms with Gasteiger partial charge < -0.3 is 46.1 Å². The van der Waals surface area contributed by atoms with Crippen LogP contribution in [0.25, 0.3) is 0 Å². The summed E-state index contributed by atoms with van der Waals surface area (Å²) in [5.41, 5.74) is 1.34. The number of carboxylic acids is 1. The van der Waals surface area contributed by atoms with Crippen molar-refractivity contribution in [3.8, 4) is 0 Å². The molecule has 2 fully saturated rings. The maximum Gasteiger partial charge on any atom is 0.418 e. The van der Waals surface area contributed by atoms with Crippen molar-refractivity contribution in [2.24, 2.45) is 0 Å². The summed E-state index contributed by atoms with van der Waals surface area (Å²) in [7, 11) is 2.97. The van der Waals surface area contributed by atoms with Crippen LogP contribution in [0.3, 0.4) is 0 Å². The number of nitrogens with one attached hydrogen (secondary N) is 5. The second kappa shape index (κ2) is 22.5. The third-order valence-corrected chi connectivity index (χ3v) is 13.5. The monoisotopic (exact) mass is 1080 g/mol. The van der Waals surface area contributed by atoms with E-state index in [0.717, 1.165) is 53.6 Å². The third kappa shape index (κ3) is 11.6. The molecule has 4 heterocycles. The van der Waals surface area contributed by atoms with Gasteiger partial charge in [0.05, 0.1) is 11.1 Å².